The summed E-state index contributed by atoms with van der Waals surface area (Å²) in [7, 11) is 0. The maximum Gasteiger partial charge on any atom is 0.318 e. The molecule has 0 heterocycles. The lowest BCUT2D eigenvalue weighted by Gasteiger charge is -2.02. The van der Waals surface area contributed by atoms with E-state index in [0.29, 0.717) is 0 Å². The highest BCUT2D eigenvalue weighted by molar-refractivity contribution is 5.96. The fraction of sp³-hybridized carbons (Fsp3) is 0. The van der Waals surface area contributed by atoms with Gasteiger partial charge in [0.15, 0.2) is 11.5 Å². The van der Waals surface area contributed by atoms with Crippen LogP contribution in [0.25, 0.3) is 0 Å². The minimum atomic E-state index is -1.01. The Balaban J connectivity index is 3.21. The standard InChI is InChI=1S/C8H8FN5O3/c9-4-2-1-3-5(14(16)17)6(4)12-7(10)13-8(11)15/h1-3H,(H5,10,11,12,13,15). The number of nitrogens with one attached hydrogen (secondary N) is 1. The van der Waals surface area contributed by atoms with Crippen molar-refractivity contribution in [3.63, 3.8) is 0 Å². The summed E-state index contributed by atoms with van der Waals surface area (Å²) in [6.45, 7) is 0. The maximum atomic E-state index is 13.3. The number of nitro benzene ring substituents is 1. The van der Waals surface area contributed by atoms with Gasteiger partial charge in [-0.05, 0) is 6.07 Å². The molecule has 0 aliphatic heterocycles. The number of halogens is 1. The summed E-state index contributed by atoms with van der Waals surface area (Å²) >= 11 is 0. The number of urea groups is 1. The van der Waals surface area contributed by atoms with Crippen molar-refractivity contribution in [2.45, 2.75) is 0 Å². The van der Waals surface area contributed by atoms with Gasteiger partial charge in [-0.2, -0.15) is 0 Å². The summed E-state index contributed by atoms with van der Waals surface area (Å²) in [6, 6.07) is 2.18. The molecule has 0 spiro atoms. The van der Waals surface area contributed by atoms with Crippen LogP contribution in [0.1, 0.15) is 0 Å². The SMILES string of the molecule is NC(=O)NC(N)=Nc1c(F)cccc1[N+](=O)[O-]. The van der Waals surface area contributed by atoms with Gasteiger partial charge in [-0.25, -0.2) is 14.2 Å². The van der Waals surface area contributed by atoms with E-state index in [1.54, 1.807) is 0 Å². The van der Waals surface area contributed by atoms with Crippen LogP contribution in [0.15, 0.2) is 23.2 Å². The number of hydrogen-bond donors (Lipinski definition) is 3. The van der Waals surface area contributed by atoms with Crippen LogP contribution in [0.3, 0.4) is 0 Å². The molecule has 0 radical (unpaired) electrons. The molecule has 0 aliphatic carbocycles. The Morgan fingerprint density at radius 2 is 2.12 bits per heavy atom. The molecule has 2 amide bonds. The quantitative estimate of drug-likeness (QED) is 0.297. The molecule has 0 aliphatic rings. The molecule has 0 atom stereocenters. The molecule has 1 rings (SSSR count). The van der Waals surface area contributed by atoms with Crippen LogP contribution in [-0.4, -0.2) is 16.9 Å². The number of guanidine groups is 1. The van der Waals surface area contributed by atoms with E-state index in [9.17, 15) is 19.3 Å². The molecular weight excluding hydrogens is 233 g/mol. The zero-order valence-electron chi connectivity index (χ0n) is 8.38. The van der Waals surface area contributed by atoms with E-state index >= 15 is 0 Å². The van der Waals surface area contributed by atoms with Crippen LogP contribution in [0.2, 0.25) is 0 Å². The van der Waals surface area contributed by atoms with E-state index in [0.717, 1.165) is 18.2 Å². The molecule has 1 aromatic carbocycles. The fourth-order valence-electron chi connectivity index (χ4n) is 1.04. The Morgan fingerprint density at radius 3 is 2.65 bits per heavy atom. The fourth-order valence-corrected chi connectivity index (χ4v) is 1.04. The Bertz CT molecular complexity index is 502. The Hall–Kier alpha value is -2.71. The van der Waals surface area contributed by atoms with Gasteiger partial charge in [0, 0.05) is 6.07 Å². The molecule has 0 aromatic heterocycles. The zero-order valence-corrected chi connectivity index (χ0v) is 8.38. The highest BCUT2D eigenvalue weighted by atomic mass is 19.1. The van der Waals surface area contributed by atoms with Crippen molar-refractivity contribution in [2.75, 3.05) is 0 Å². The number of carbonyl (C=O) groups excluding carboxylic acids is 1. The lowest BCUT2D eigenvalue weighted by atomic mass is 10.2. The van der Waals surface area contributed by atoms with E-state index in [1.807, 2.05) is 5.32 Å². The molecule has 5 N–H and O–H groups in total. The maximum absolute atomic E-state index is 13.3. The molecule has 0 bridgehead atoms. The van der Waals surface area contributed by atoms with Gasteiger partial charge in [0.2, 0.25) is 5.96 Å². The van der Waals surface area contributed by atoms with E-state index in [1.165, 1.54) is 0 Å². The van der Waals surface area contributed by atoms with Crippen LogP contribution < -0.4 is 16.8 Å². The lowest BCUT2D eigenvalue weighted by Crippen LogP contribution is -2.40. The largest absolute Gasteiger partial charge is 0.369 e. The lowest BCUT2D eigenvalue weighted by molar-refractivity contribution is -0.384. The normalized spacial score (nSPS) is 11.0. The third-order valence-electron chi connectivity index (χ3n) is 1.65. The van der Waals surface area contributed by atoms with Crippen molar-refractivity contribution in [3.05, 3.63) is 34.1 Å². The second-order valence-electron chi connectivity index (χ2n) is 2.85. The molecule has 0 unspecified atom stereocenters. The van der Waals surface area contributed by atoms with Crippen LogP contribution >= 0.6 is 0 Å². The highest BCUT2D eigenvalue weighted by Gasteiger charge is 2.17. The number of nitrogens with two attached hydrogens (primary N) is 2. The van der Waals surface area contributed by atoms with Gasteiger partial charge in [-0.15, -0.1) is 0 Å². The van der Waals surface area contributed by atoms with E-state index in [4.69, 9.17) is 11.5 Å². The molecule has 90 valence electrons. The molecule has 1 aromatic rings. The minimum Gasteiger partial charge on any atom is -0.369 e. The highest BCUT2D eigenvalue weighted by Crippen LogP contribution is 2.29. The number of benzene rings is 1. The number of amides is 2. The van der Waals surface area contributed by atoms with Crippen molar-refractivity contribution in [1.29, 1.82) is 0 Å². The molecule has 0 fully saturated rings. The number of para-hydroxylation sites is 1. The number of rotatable bonds is 2. The summed E-state index contributed by atoms with van der Waals surface area (Å²) in [5, 5.41) is 12.5. The van der Waals surface area contributed by atoms with E-state index in [2.05, 4.69) is 4.99 Å². The van der Waals surface area contributed by atoms with Gasteiger partial charge >= 0.3 is 6.03 Å². The van der Waals surface area contributed by atoms with Crippen LogP contribution in [0, 0.1) is 15.9 Å². The number of hydrogen-bond acceptors (Lipinski definition) is 4. The predicted molar refractivity (Wildman–Crippen MR) is 57.1 cm³/mol. The van der Waals surface area contributed by atoms with E-state index < -0.39 is 34.1 Å². The Kier molecular flexibility index (Phi) is 3.55. The van der Waals surface area contributed by atoms with Gasteiger partial charge in [-0.3, -0.25) is 15.4 Å². The van der Waals surface area contributed by atoms with Crippen molar-refractivity contribution in [1.82, 2.24) is 5.32 Å². The molecule has 0 saturated heterocycles. The Labute approximate surface area is 94.3 Å². The first-order valence-electron chi connectivity index (χ1n) is 4.25. The summed E-state index contributed by atoms with van der Waals surface area (Å²) in [5.41, 5.74) is 8.79. The third kappa shape index (κ3) is 3.12. The predicted octanol–water partition coefficient (Wildman–Crippen LogP) is 0.348. The number of carbonyl (C=O) groups is 1. The molecule has 8 nitrogen and oxygen atoms in total. The first kappa shape index (κ1) is 12.4. The average Bonchev–Trinajstić information content (AvgIpc) is 2.19. The smallest absolute Gasteiger partial charge is 0.318 e. The van der Waals surface area contributed by atoms with Crippen LogP contribution in [0.5, 0.6) is 0 Å². The average molecular weight is 241 g/mol. The molecule has 9 heteroatoms. The molecule has 17 heavy (non-hydrogen) atoms. The van der Waals surface area contributed by atoms with Gasteiger partial charge < -0.3 is 11.5 Å². The monoisotopic (exact) mass is 241 g/mol. The summed E-state index contributed by atoms with van der Waals surface area (Å²) in [5.74, 6) is -1.47. The van der Waals surface area contributed by atoms with Gasteiger partial charge in [-0.1, -0.05) is 6.07 Å². The minimum absolute atomic E-state index is 0.536. The summed E-state index contributed by atoms with van der Waals surface area (Å²) in [4.78, 5) is 23.6. The third-order valence-corrected chi connectivity index (χ3v) is 1.65. The second kappa shape index (κ2) is 4.88. The van der Waals surface area contributed by atoms with Crippen LogP contribution in [-0.2, 0) is 0 Å². The first-order chi connectivity index (χ1) is 7.91. The van der Waals surface area contributed by atoms with E-state index in [-0.39, 0.29) is 0 Å². The van der Waals surface area contributed by atoms with Crippen LogP contribution in [0.4, 0.5) is 20.6 Å². The summed E-state index contributed by atoms with van der Waals surface area (Å²) < 4.78 is 13.3. The first-order valence-corrected chi connectivity index (χ1v) is 4.25. The number of primary amides is 1. The Morgan fingerprint density at radius 1 is 1.47 bits per heavy atom. The van der Waals surface area contributed by atoms with Crippen molar-refractivity contribution in [3.8, 4) is 0 Å². The molecule has 0 saturated carbocycles. The topological polar surface area (TPSA) is 137 Å². The molecular formula is C8H8FN5O3. The van der Waals surface area contributed by atoms with Gasteiger partial charge in [0.25, 0.3) is 5.69 Å². The number of nitro groups is 1. The summed E-state index contributed by atoms with van der Waals surface area (Å²) in [6.07, 6.45) is 0. The van der Waals surface area contributed by atoms with Crippen molar-refractivity contribution < 1.29 is 14.1 Å². The van der Waals surface area contributed by atoms with Gasteiger partial charge in [0.1, 0.15) is 0 Å². The number of nitrogens with zero attached hydrogens (tertiary/aromatic N) is 2. The second-order valence-corrected chi connectivity index (χ2v) is 2.85. The zero-order chi connectivity index (χ0) is 13.0. The van der Waals surface area contributed by atoms with Gasteiger partial charge in [0.05, 0.1) is 4.92 Å². The van der Waals surface area contributed by atoms with Crippen molar-refractivity contribution >= 4 is 23.4 Å². The number of aliphatic imine (C=N–C) groups is 1. The van der Waals surface area contributed by atoms with Crippen molar-refractivity contribution in [2.24, 2.45) is 16.5 Å².